The van der Waals surface area contributed by atoms with Gasteiger partial charge in [-0.25, -0.2) is 4.79 Å². The van der Waals surface area contributed by atoms with Gasteiger partial charge in [0.05, 0.1) is 6.54 Å². The van der Waals surface area contributed by atoms with Crippen LogP contribution < -0.4 is 10.1 Å². The molecule has 1 aromatic rings. The molecule has 0 bridgehead atoms. The molecular formula is C14H17NO4S. The monoisotopic (exact) mass is 295 g/mol. The van der Waals surface area contributed by atoms with E-state index in [4.69, 9.17) is 16.3 Å². The maximum atomic E-state index is 11.4. The number of ether oxygens (including phenoxy) is 1. The number of hydrogen-bond donors (Lipinski definition) is 2. The normalized spacial score (nSPS) is 10.7. The minimum Gasteiger partial charge on any atom is -0.482 e. The highest BCUT2D eigenvalue weighted by Crippen LogP contribution is 2.36. The van der Waals surface area contributed by atoms with E-state index < -0.39 is 5.97 Å². The first-order valence-electron chi connectivity index (χ1n) is 5.96. The molecule has 1 aromatic heterocycles. The smallest absolute Gasteiger partial charge is 0.349 e. The van der Waals surface area contributed by atoms with Gasteiger partial charge < -0.3 is 15.2 Å². The summed E-state index contributed by atoms with van der Waals surface area (Å²) in [4.78, 5) is 23.5. The van der Waals surface area contributed by atoms with Crippen LogP contribution in [0.15, 0.2) is 6.07 Å². The number of aromatic carboxylic acids is 1. The van der Waals surface area contributed by atoms with E-state index in [1.54, 1.807) is 6.07 Å². The van der Waals surface area contributed by atoms with Gasteiger partial charge in [-0.3, -0.25) is 4.79 Å². The zero-order valence-corrected chi connectivity index (χ0v) is 12.5. The molecule has 0 atom stereocenters. The Kier molecular flexibility index (Phi) is 5.17. The van der Waals surface area contributed by atoms with E-state index in [9.17, 15) is 9.59 Å². The van der Waals surface area contributed by atoms with Gasteiger partial charge in [0, 0.05) is 4.88 Å². The summed E-state index contributed by atoms with van der Waals surface area (Å²) in [7, 11) is 0. The van der Waals surface area contributed by atoms with Crippen LogP contribution in [0.2, 0.25) is 0 Å². The molecule has 5 nitrogen and oxygen atoms in total. The van der Waals surface area contributed by atoms with Crippen molar-refractivity contribution in [3.05, 3.63) is 15.8 Å². The van der Waals surface area contributed by atoms with Gasteiger partial charge >= 0.3 is 5.97 Å². The Bertz CT molecular complexity index is 549. The first-order chi connectivity index (χ1) is 9.25. The first kappa shape index (κ1) is 16.1. The van der Waals surface area contributed by atoms with Gasteiger partial charge in [0.1, 0.15) is 5.75 Å². The molecule has 0 aliphatic rings. The van der Waals surface area contributed by atoms with E-state index in [1.807, 2.05) is 20.8 Å². The third-order valence-electron chi connectivity index (χ3n) is 2.38. The van der Waals surface area contributed by atoms with Gasteiger partial charge in [0.25, 0.3) is 5.91 Å². The van der Waals surface area contributed by atoms with Crippen LogP contribution in [0.5, 0.6) is 5.75 Å². The Labute approximate surface area is 122 Å². The number of terminal acetylenes is 1. The molecule has 0 aromatic carbocycles. The van der Waals surface area contributed by atoms with Crippen molar-refractivity contribution in [2.75, 3.05) is 13.2 Å². The number of carbonyl (C=O) groups is 2. The molecule has 1 rings (SSSR count). The van der Waals surface area contributed by atoms with Gasteiger partial charge in [0.2, 0.25) is 0 Å². The van der Waals surface area contributed by atoms with Gasteiger partial charge in [-0.1, -0.05) is 26.7 Å². The predicted molar refractivity (Wildman–Crippen MR) is 77.3 cm³/mol. The highest BCUT2D eigenvalue weighted by atomic mass is 32.1. The van der Waals surface area contributed by atoms with Crippen LogP contribution in [-0.2, 0) is 10.2 Å². The Morgan fingerprint density at radius 3 is 2.65 bits per heavy atom. The fraction of sp³-hybridized carbons (Fsp3) is 0.429. The molecule has 2 N–H and O–H groups in total. The third-order valence-corrected chi connectivity index (χ3v) is 3.91. The zero-order valence-electron chi connectivity index (χ0n) is 11.6. The summed E-state index contributed by atoms with van der Waals surface area (Å²) in [5.74, 6) is 1.03. The van der Waals surface area contributed by atoms with Gasteiger partial charge in [-0.2, -0.15) is 0 Å². The number of carboxylic acids is 1. The molecule has 0 aliphatic heterocycles. The molecule has 0 saturated heterocycles. The lowest BCUT2D eigenvalue weighted by Crippen LogP contribution is -2.29. The van der Waals surface area contributed by atoms with E-state index in [2.05, 4.69) is 11.2 Å². The van der Waals surface area contributed by atoms with Crippen LogP contribution in [0.1, 0.15) is 35.3 Å². The maximum Gasteiger partial charge on any atom is 0.349 e. The minimum absolute atomic E-state index is 0.0969. The number of nitrogens with one attached hydrogen (secondary N) is 1. The SMILES string of the molecule is C#CCNC(=O)COc1cc(C(C)(C)C)sc1C(=O)O. The van der Waals surface area contributed by atoms with Gasteiger partial charge in [-0.15, -0.1) is 17.8 Å². The molecule has 0 spiro atoms. The van der Waals surface area contributed by atoms with E-state index in [0.717, 1.165) is 16.2 Å². The molecular weight excluding hydrogens is 278 g/mol. The molecule has 0 radical (unpaired) electrons. The van der Waals surface area contributed by atoms with E-state index in [1.165, 1.54) is 0 Å². The molecule has 6 heteroatoms. The second-order valence-corrected chi connectivity index (χ2v) is 6.18. The number of amides is 1. The number of carboxylic acid groups (broad SMARTS) is 1. The largest absolute Gasteiger partial charge is 0.482 e. The molecule has 1 heterocycles. The van der Waals surface area contributed by atoms with E-state index >= 15 is 0 Å². The molecule has 0 fully saturated rings. The fourth-order valence-electron chi connectivity index (χ4n) is 1.34. The van der Waals surface area contributed by atoms with Crippen LogP contribution in [0.4, 0.5) is 0 Å². The van der Waals surface area contributed by atoms with Crippen LogP contribution in [0.3, 0.4) is 0 Å². The standard InChI is InChI=1S/C14H17NO4S/c1-5-6-15-11(16)8-19-9-7-10(14(2,3)4)20-12(9)13(17)18/h1,7H,6,8H2,2-4H3,(H,15,16)(H,17,18). The molecule has 20 heavy (non-hydrogen) atoms. The molecule has 0 unspecified atom stereocenters. The van der Waals surface area contributed by atoms with Crippen molar-refractivity contribution in [2.45, 2.75) is 26.2 Å². The second kappa shape index (κ2) is 6.44. The summed E-state index contributed by atoms with van der Waals surface area (Å²) >= 11 is 1.16. The fourth-order valence-corrected chi connectivity index (χ4v) is 2.34. The van der Waals surface area contributed by atoms with Crippen LogP contribution in [0.25, 0.3) is 0 Å². The van der Waals surface area contributed by atoms with Crippen molar-refractivity contribution < 1.29 is 19.4 Å². The lowest BCUT2D eigenvalue weighted by Gasteiger charge is -2.14. The Balaban J connectivity index is 2.84. The predicted octanol–water partition coefficient (Wildman–Crippen LogP) is 1.87. The molecule has 108 valence electrons. The van der Waals surface area contributed by atoms with Crippen molar-refractivity contribution in [1.29, 1.82) is 0 Å². The van der Waals surface area contributed by atoms with Crippen molar-refractivity contribution in [3.8, 4) is 18.1 Å². The number of thiophene rings is 1. The topological polar surface area (TPSA) is 75.6 Å². The lowest BCUT2D eigenvalue weighted by molar-refractivity contribution is -0.122. The lowest BCUT2D eigenvalue weighted by atomic mass is 9.95. The van der Waals surface area contributed by atoms with E-state index in [0.29, 0.717) is 0 Å². The summed E-state index contributed by atoms with van der Waals surface area (Å²) in [6.45, 7) is 5.79. The summed E-state index contributed by atoms with van der Waals surface area (Å²) in [5.41, 5.74) is -0.178. The Morgan fingerprint density at radius 2 is 2.15 bits per heavy atom. The van der Waals surface area contributed by atoms with Crippen LogP contribution in [-0.4, -0.2) is 30.1 Å². The molecule has 1 amide bonds. The van der Waals surface area contributed by atoms with Gasteiger partial charge in [-0.05, 0) is 11.5 Å². The average Bonchev–Trinajstić information content (AvgIpc) is 2.77. The third kappa shape index (κ3) is 4.28. The number of carbonyl (C=O) groups excluding carboxylic acids is 1. The average molecular weight is 295 g/mol. The molecule has 0 aliphatic carbocycles. The van der Waals surface area contributed by atoms with Crippen molar-refractivity contribution in [3.63, 3.8) is 0 Å². The second-order valence-electron chi connectivity index (χ2n) is 5.13. The van der Waals surface area contributed by atoms with Crippen LogP contribution >= 0.6 is 11.3 Å². The minimum atomic E-state index is -1.07. The first-order valence-corrected chi connectivity index (χ1v) is 6.78. The zero-order chi connectivity index (χ0) is 15.3. The highest BCUT2D eigenvalue weighted by molar-refractivity contribution is 7.14. The number of rotatable bonds is 5. The summed E-state index contributed by atoms with van der Waals surface area (Å²) < 4.78 is 5.28. The summed E-state index contributed by atoms with van der Waals surface area (Å²) in [6, 6.07) is 1.67. The number of hydrogen-bond acceptors (Lipinski definition) is 4. The Morgan fingerprint density at radius 1 is 1.50 bits per heavy atom. The van der Waals surface area contributed by atoms with Crippen LogP contribution in [0, 0.1) is 12.3 Å². The Hall–Kier alpha value is -2.00. The molecule has 0 saturated carbocycles. The quantitative estimate of drug-likeness (QED) is 0.813. The van der Waals surface area contributed by atoms with Crippen molar-refractivity contribution >= 4 is 23.2 Å². The van der Waals surface area contributed by atoms with Gasteiger partial charge in [0.15, 0.2) is 11.5 Å². The highest BCUT2D eigenvalue weighted by Gasteiger charge is 2.24. The maximum absolute atomic E-state index is 11.4. The van der Waals surface area contributed by atoms with Crippen molar-refractivity contribution in [1.82, 2.24) is 5.32 Å². The summed E-state index contributed by atoms with van der Waals surface area (Å²) in [6.07, 6.45) is 5.02. The van der Waals surface area contributed by atoms with Crippen molar-refractivity contribution in [2.24, 2.45) is 0 Å². The summed E-state index contributed by atoms with van der Waals surface area (Å²) in [5, 5.41) is 11.6. The van der Waals surface area contributed by atoms with E-state index in [-0.39, 0.29) is 35.1 Å².